The van der Waals surface area contributed by atoms with E-state index in [-0.39, 0.29) is 11.8 Å². The fraction of sp³-hybridized carbons (Fsp3) is 0.320. The largest absolute Gasteiger partial charge is 0.545 e. The van der Waals surface area contributed by atoms with Crippen LogP contribution in [0, 0.1) is 0 Å². The average Bonchev–Trinajstić information content (AvgIpc) is 3.07. The van der Waals surface area contributed by atoms with Gasteiger partial charge in [-0.2, -0.15) is 0 Å². The molecule has 0 bridgehead atoms. The van der Waals surface area contributed by atoms with E-state index in [1.807, 2.05) is 35.2 Å². The number of para-hydroxylation sites is 1. The third-order valence-electron chi connectivity index (χ3n) is 5.46. The molecule has 1 aliphatic rings. The summed E-state index contributed by atoms with van der Waals surface area (Å²) in [5, 5.41) is 17.2. The maximum absolute atomic E-state index is 13.1. The summed E-state index contributed by atoms with van der Waals surface area (Å²) in [5.74, 6) is -2.73. The first-order valence-corrected chi connectivity index (χ1v) is 10.8. The monoisotopic (exact) mass is 438 g/mol. The van der Waals surface area contributed by atoms with Gasteiger partial charge in [-0.15, -0.1) is 0 Å². The molecule has 0 fully saturated rings. The van der Waals surface area contributed by atoms with Gasteiger partial charge in [0.15, 0.2) is 0 Å². The number of aliphatic carboxylic acids is 2. The van der Waals surface area contributed by atoms with Crippen LogP contribution in [0.3, 0.4) is 0 Å². The Hall–Kier alpha value is -3.45. The second kappa shape index (κ2) is 12.4. The van der Waals surface area contributed by atoms with Crippen LogP contribution < -0.4 is 14.9 Å². The number of nitrogens with one attached hydrogen (secondary N) is 1. The van der Waals surface area contributed by atoms with Gasteiger partial charge in [0.05, 0.1) is 31.5 Å². The van der Waals surface area contributed by atoms with Gasteiger partial charge in [-0.3, -0.25) is 4.79 Å². The molecule has 1 aliphatic heterocycles. The van der Waals surface area contributed by atoms with E-state index >= 15 is 0 Å². The van der Waals surface area contributed by atoms with E-state index in [4.69, 9.17) is 5.11 Å². The standard InChI is InChI=1S/C21H26N2O.C4H4O4/c1-3-22(4-2)15-10-16-23-19-14-9-8-13-18(19)20(21(23)24)17-11-6-5-7-12-17;5-3(6)1-2-4(7)8/h5-9,11-14,20H,3-4,10,15-16H2,1-2H3;1-2H,(H,5,6)(H,7,8)/b;2-1-. The number of hydrogen-bond donors (Lipinski definition) is 2. The van der Waals surface area contributed by atoms with Gasteiger partial charge in [-0.1, -0.05) is 48.5 Å². The number of quaternary nitrogens is 1. The molecule has 3 rings (SSSR count). The highest BCUT2D eigenvalue weighted by Crippen LogP contribution is 2.40. The number of benzene rings is 2. The zero-order valence-corrected chi connectivity index (χ0v) is 18.5. The number of amides is 1. The molecule has 0 radical (unpaired) electrons. The van der Waals surface area contributed by atoms with Crippen LogP contribution in [0.25, 0.3) is 0 Å². The normalized spacial score (nSPS) is 14.9. The zero-order valence-electron chi connectivity index (χ0n) is 18.5. The van der Waals surface area contributed by atoms with Crippen LogP contribution in [0.2, 0.25) is 0 Å². The number of rotatable bonds is 9. The van der Waals surface area contributed by atoms with Crippen molar-refractivity contribution in [3.8, 4) is 0 Å². The minimum atomic E-state index is -1.51. The van der Waals surface area contributed by atoms with Crippen LogP contribution in [0.5, 0.6) is 0 Å². The predicted octanol–water partition coefficient (Wildman–Crippen LogP) is 0.857. The molecule has 1 heterocycles. The van der Waals surface area contributed by atoms with E-state index in [0.717, 1.165) is 49.4 Å². The Balaban J connectivity index is 0.000000390. The lowest BCUT2D eigenvalue weighted by Gasteiger charge is -2.20. The lowest BCUT2D eigenvalue weighted by Crippen LogP contribution is -3.11. The minimum Gasteiger partial charge on any atom is -0.545 e. The van der Waals surface area contributed by atoms with Crippen molar-refractivity contribution in [2.75, 3.05) is 31.1 Å². The molecular weight excluding hydrogens is 408 g/mol. The number of anilines is 1. The fourth-order valence-electron chi connectivity index (χ4n) is 3.81. The molecule has 0 aliphatic carbocycles. The first-order valence-electron chi connectivity index (χ1n) is 10.8. The molecule has 170 valence electrons. The van der Waals surface area contributed by atoms with Crippen LogP contribution in [-0.4, -0.2) is 49.1 Å². The van der Waals surface area contributed by atoms with Crippen molar-refractivity contribution < 1.29 is 29.5 Å². The summed E-state index contributed by atoms with van der Waals surface area (Å²) in [6, 6.07) is 18.4. The van der Waals surface area contributed by atoms with Crippen molar-refractivity contribution >= 4 is 23.5 Å². The molecule has 0 aromatic heterocycles. The number of carboxylic acid groups (broad SMARTS) is 2. The Morgan fingerprint density at radius 3 is 2.22 bits per heavy atom. The van der Waals surface area contributed by atoms with Crippen LogP contribution >= 0.6 is 0 Å². The summed E-state index contributed by atoms with van der Waals surface area (Å²) in [6.45, 7) is 8.67. The van der Waals surface area contributed by atoms with Gasteiger partial charge < -0.3 is 24.8 Å². The molecule has 7 heteroatoms. The molecule has 32 heavy (non-hydrogen) atoms. The molecule has 2 aromatic rings. The summed E-state index contributed by atoms with van der Waals surface area (Å²) in [4.78, 5) is 35.7. The third kappa shape index (κ3) is 6.78. The fourth-order valence-corrected chi connectivity index (χ4v) is 3.81. The van der Waals surface area contributed by atoms with E-state index in [2.05, 4.69) is 38.1 Å². The van der Waals surface area contributed by atoms with E-state index < -0.39 is 11.9 Å². The summed E-state index contributed by atoms with van der Waals surface area (Å²) in [7, 11) is 0. The van der Waals surface area contributed by atoms with Crippen LogP contribution in [0.1, 0.15) is 37.3 Å². The molecule has 0 spiro atoms. The maximum atomic E-state index is 13.1. The van der Waals surface area contributed by atoms with Crippen LogP contribution in [0.4, 0.5) is 5.69 Å². The summed E-state index contributed by atoms with van der Waals surface area (Å²) < 4.78 is 0. The van der Waals surface area contributed by atoms with E-state index in [1.165, 1.54) is 0 Å². The summed E-state index contributed by atoms with van der Waals surface area (Å²) >= 11 is 0. The van der Waals surface area contributed by atoms with Gasteiger partial charge in [0.25, 0.3) is 0 Å². The zero-order chi connectivity index (χ0) is 23.5. The van der Waals surface area contributed by atoms with Crippen molar-refractivity contribution in [3.05, 3.63) is 77.9 Å². The SMILES string of the molecule is CC[NH+](CC)CCCN1C(=O)C(c2ccccc2)c2ccccc21.O=C([O-])/C=C\C(=O)O. The highest BCUT2D eigenvalue weighted by Gasteiger charge is 2.37. The molecule has 7 nitrogen and oxygen atoms in total. The smallest absolute Gasteiger partial charge is 0.328 e. The molecule has 0 saturated heterocycles. The Labute approximate surface area is 188 Å². The quantitative estimate of drug-likeness (QED) is 0.566. The number of carbonyl (C=O) groups excluding carboxylic acids is 2. The number of nitrogens with zero attached hydrogens (tertiary/aromatic N) is 1. The second-order valence-corrected chi connectivity index (χ2v) is 7.44. The van der Waals surface area contributed by atoms with Crippen LogP contribution in [0.15, 0.2) is 66.7 Å². The van der Waals surface area contributed by atoms with Gasteiger partial charge in [0, 0.05) is 24.7 Å². The van der Waals surface area contributed by atoms with Crippen molar-refractivity contribution in [1.29, 1.82) is 0 Å². The molecule has 1 atom stereocenters. The molecule has 1 unspecified atom stereocenters. The average molecular weight is 439 g/mol. The first kappa shape index (κ1) is 24.8. The lowest BCUT2D eigenvalue weighted by molar-refractivity contribution is -0.896. The molecule has 2 aromatic carbocycles. The highest BCUT2D eigenvalue weighted by atomic mass is 16.4. The molecule has 2 N–H and O–H groups in total. The summed E-state index contributed by atoms with van der Waals surface area (Å²) in [5.41, 5.74) is 3.32. The first-order chi connectivity index (χ1) is 15.4. The van der Waals surface area contributed by atoms with E-state index in [1.54, 1.807) is 4.90 Å². The van der Waals surface area contributed by atoms with Gasteiger partial charge >= 0.3 is 5.97 Å². The number of hydrogen-bond acceptors (Lipinski definition) is 4. The molecular formula is C25H30N2O5. The number of carboxylic acids is 2. The van der Waals surface area contributed by atoms with Gasteiger partial charge in [0.1, 0.15) is 0 Å². The Morgan fingerprint density at radius 1 is 1.03 bits per heavy atom. The predicted molar refractivity (Wildman–Crippen MR) is 120 cm³/mol. The van der Waals surface area contributed by atoms with Crippen molar-refractivity contribution in [3.63, 3.8) is 0 Å². The van der Waals surface area contributed by atoms with Crippen molar-refractivity contribution in [1.82, 2.24) is 0 Å². The summed E-state index contributed by atoms with van der Waals surface area (Å²) in [6.07, 6.45) is 1.98. The highest BCUT2D eigenvalue weighted by molar-refractivity contribution is 6.06. The van der Waals surface area contributed by atoms with Gasteiger partial charge in [-0.05, 0) is 37.1 Å². The minimum absolute atomic E-state index is 0.150. The third-order valence-corrected chi connectivity index (χ3v) is 5.46. The maximum Gasteiger partial charge on any atom is 0.328 e. The Morgan fingerprint density at radius 2 is 1.66 bits per heavy atom. The lowest BCUT2D eigenvalue weighted by atomic mass is 9.93. The Kier molecular flexibility index (Phi) is 9.63. The van der Waals surface area contributed by atoms with Gasteiger partial charge in [-0.25, -0.2) is 4.79 Å². The number of fused-ring (bicyclic) bond motifs is 1. The van der Waals surface area contributed by atoms with Crippen LogP contribution in [-0.2, 0) is 14.4 Å². The van der Waals surface area contributed by atoms with E-state index in [9.17, 15) is 19.5 Å². The number of carbonyl (C=O) groups is 3. The topological polar surface area (TPSA) is 102 Å². The van der Waals surface area contributed by atoms with Crippen molar-refractivity contribution in [2.24, 2.45) is 0 Å². The molecule has 0 saturated carbocycles. The Bertz CT molecular complexity index is 922. The second-order valence-electron chi connectivity index (χ2n) is 7.44. The van der Waals surface area contributed by atoms with Gasteiger partial charge in [0.2, 0.25) is 5.91 Å². The van der Waals surface area contributed by atoms with Crippen molar-refractivity contribution in [2.45, 2.75) is 26.2 Å². The molecule has 1 amide bonds. The van der Waals surface area contributed by atoms with E-state index in [0.29, 0.717) is 12.2 Å².